The molecular weight excluding hydrogens is 410 g/mol. The van der Waals surface area contributed by atoms with Crippen LogP contribution in [0.1, 0.15) is 0 Å². The van der Waals surface area contributed by atoms with Gasteiger partial charge in [0.15, 0.2) is 18.1 Å². The van der Waals surface area contributed by atoms with Gasteiger partial charge in [0.1, 0.15) is 0 Å². The number of carbonyl (C=O) groups is 2. The molecule has 0 saturated carbocycles. The molecule has 6 nitrogen and oxygen atoms in total. The van der Waals surface area contributed by atoms with E-state index in [2.05, 4.69) is 21.2 Å². The Morgan fingerprint density at radius 3 is 2.68 bits per heavy atom. The van der Waals surface area contributed by atoms with Gasteiger partial charge in [-0.3, -0.25) is 9.59 Å². The highest BCUT2D eigenvalue weighted by Crippen LogP contribution is 2.34. The Morgan fingerprint density at radius 1 is 1.12 bits per heavy atom. The van der Waals surface area contributed by atoms with Crippen LogP contribution in [-0.2, 0) is 14.3 Å². The van der Waals surface area contributed by atoms with Gasteiger partial charge in [-0.25, -0.2) is 0 Å². The standard InChI is InChI=1S/C17H14BrNO5S/c18-11-1-4-13(5-2-11)25-9-17(21)22-8-16(20)19-12-3-6-14-15(7-12)24-10-23-14/h1-7H,8-10H2,(H,19,20). The number of ether oxygens (including phenoxy) is 3. The van der Waals surface area contributed by atoms with Crippen LogP contribution in [0.5, 0.6) is 11.5 Å². The number of rotatable bonds is 6. The second kappa shape index (κ2) is 8.26. The summed E-state index contributed by atoms with van der Waals surface area (Å²) in [6.45, 7) is -0.172. The number of anilines is 1. The number of amides is 1. The number of esters is 1. The van der Waals surface area contributed by atoms with Crippen LogP contribution in [0, 0.1) is 0 Å². The van der Waals surface area contributed by atoms with Gasteiger partial charge in [0.2, 0.25) is 6.79 Å². The van der Waals surface area contributed by atoms with Crippen LogP contribution in [0.4, 0.5) is 5.69 Å². The van der Waals surface area contributed by atoms with Crippen LogP contribution >= 0.6 is 27.7 Å². The van der Waals surface area contributed by atoms with E-state index in [4.69, 9.17) is 14.2 Å². The van der Waals surface area contributed by atoms with Crippen molar-refractivity contribution in [1.82, 2.24) is 0 Å². The SMILES string of the molecule is O=C(COC(=O)CSc1ccc(Br)cc1)Nc1ccc2c(c1)OCO2. The molecule has 0 fully saturated rings. The number of hydrogen-bond acceptors (Lipinski definition) is 6. The van der Waals surface area contributed by atoms with Gasteiger partial charge in [0, 0.05) is 21.1 Å². The van der Waals surface area contributed by atoms with E-state index in [0.717, 1.165) is 9.37 Å². The fourth-order valence-electron chi connectivity index (χ4n) is 2.03. The third-order valence-corrected chi connectivity index (χ3v) is 4.71. The molecule has 1 heterocycles. The van der Waals surface area contributed by atoms with Crippen LogP contribution in [0.2, 0.25) is 0 Å². The van der Waals surface area contributed by atoms with Crippen molar-refractivity contribution in [3.05, 3.63) is 46.9 Å². The van der Waals surface area contributed by atoms with E-state index in [1.807, 2.05) is 24.3 Å². The molecule has 3 rings (SSSR count). The summed E-state index contributed by atoms with van der Waals surface area (Å²) in [5, 5.41) is 2.64. The topological polar surface area (TPSA) is 73.9 Å². The maximum absolute atomic E-state index is 11.9. The van der Waals surface area contributed by atoms with Crippen LogP contribution in [0.25, 0.3) is 0 Å². The number of benzene rings is 2. The fraction of sp³-hybridized carbons (Fsp3) is 0.176. The Hall–Kier alpha value is -2.19. The molecule has 0 aromatic heterocycles. The van der Waals surface area contributed by atoms with E-state index >= 15 is 0 Å². The van der Waals surface area contributed by atoms with Crippen molar-refractivity contribution in [3.8, 4) is 11.5 Å². The molecule has 0 radical (unpaired) electrons. The smallest absolute Gasteiger partial charge is 0.316 e. The second-order valence-corrected chi connectivity index (χ2v) is 6.98. The summed E-state index contributed by atoms with van der Waals surface area (Å²) in [6.07, 6.45) is 0. The molecule has 1 N–H and O–H groups in total. The van der Waals surface area contributed by atoms with Gasteiger partial charge in [-0.1, -0.05) is 15.9 Å². The Labute approximate surface area is 157 Å². The monoisotopic (exact) mass is 423 g/mol. The molecule has 0 aliphatic carbocycles. The predicted molar refractivity (Wildman–Crippen MR) is 97.0 cm³/mol. The first-order chi connectivity index (χ1) is 12.1. The van der Waals surface area contributed by atoms with Gasteiger partial charge in [0.05, 0.1) is 5.75 Å². The summed E-state index contributed by atoms with van der Waals surface area (Å²) < 4.78 is 16.4. The molecule has 1 amide bonds. The zero-order valence-electron chi connectivity index (χ0n) is 13.0. The summed E-state index contributed by atoms with van der Waals surface area (Å²) >= 11 is 4.70. The van der Waals surface area contributed by atoms with Crippen molar-refractivity contribution in [2.24, 2.45) is 0 Å². The lowest BCUT2D eigenvalue weighted by molar-refractivity contribution is -0.144. The molecule has 0 atom stereocenters. The van der Waals surface area contributed by atoms with Crippen molar-refractivity contribution < 1.29 is 23.8 Å². The van der Waals surface area contributed by atoms with Crippen molar-refractivity contribution in [3.63, 3.8) is 0 Å². The van der Waals surface area contributed by atoms with E-state index in [-0.39, 0.29) is 19.2 Å². The van der Waals surface area contributed by atoms with Gasteiger partial charge in [-0.15, -0.1) is 11.8 Å². The first-order valence-corrected chi connectivity index (χ1v) is 9.11. The van der Waals surface area contributed by atoms with Crippen molar-refractivity contribution >= 4 is 45.3 Å². The Bertz CT molecular complexity index is 781. The summed E-state index contributed by atoms with van der Waals surface area (Å²) in [7, 11) is 0. The highest BCUT2D eigenvalue weighted by atomic mass is 79.9. The lowest BCUT2D eigenvalue weighted by atomic mass is 10.3. The first kappa shape index (κ1) is 17.6. The van der Waals surface area contributed by atoms with E-state index in [1.54, 1.807) is 18.2 Å². The number of thioether (sulfide) groups is 1. The minimum absolute atomic E-state index is 0.138. The van der Waals surface area contributed by atoms with Crippen molar-refractivity contribution in [1.29, 1.82) is 0 Å². The van der Waals surface area contributed by atoms with Crippen LogP contribution in [0.3, 0.4) is 0 Å². The molecule has 130 valence electrons. The van der Waals surface area contributed by atoms with Crippen LogP contribution < -0.4 is 14.8 Å². The Kier molecular flexibility index (Phi) is 5.83. The molecule has 0 saturated heterocycles. The van der Waals surface area contributed by atoms with Gasteiger partial charge in [0.25, 0.3) is 5.91 Å². The maximum atomic E-state index is 11.9. The molecule has 1 aliphatic heterocycles. The van der Waals surface area contributed by atoms with Gasteiger partial charge >= 0.3 is 5.97 Å². The second-order valence-electron chi connectivity index (χ2n) is 5.02. The largest absolute Gasteiger partial charge is 0.455 e. The zero-order chi connectivity index (χ0) is 17.6. The highest BCUT2D eigenvalue weighted by Gasteiger charge is 2.14. The Morgan fingerprint density at radius 2 is 1.88 bits per heavy atom. The number of halogens is 1. The molecule has 8 heteroatoms. The number of hydrogen-bond donors (Lipinski definition) is 1. The van der Waals surface area contributed by atoms with Gasteiger partial charge in [-0.05, 0) is 36.4 Å². The minimum Gasteiger partial charge on any atom is -0.455 e. The quantitative estimate of drug-likeness (QED) is 0.566. The van der Waals surface area contributed by atoms with Crippen LogP contribution in [0.15, 0.2) is 51.8 Å². The van der Waals surface area contributed by atoms with E-state index in [0.29, 0.717) is 17.2 Å². The van der Waals surface area contributed by atoms with Crippen molar-refractivity contribution in [2.75, 3.05) is 24.5 Å². The minimum atomic E-state index is -0.450. The van der Waals surface area contributed by atoms with E-state index < -0.39 is 11.9 Å². The first-order valence-electron chi connectivity index (χ1n) is 7.33. The molecule has 0 bridgehead atoms. The molecule has 2 aromatic rings. The lowest BCUT2D eigenvalue weighted by Gasteiger charge is -2.07. The molecule has 0 unspecified atom stereocenters. The average molecular weight is 424 g/mol. The molecule has 2 aromatic carbocycles. The Balaban J connectivity index is 1.41. The van der Waals surface area contributed by atoms with Crippen molar-refractivity contribution in [2.45, 2.75) is 4.90 Å². The third-order valence-electron chi connectivity index (χ3n) is 3.19. The molecule has 0 spiro atoms. The zero-order valence-corrected chi connectivity index (χ0v) is 15.4. The lowest BCUT2D eigenvalue weighted by Crippen LogP contribution is -2.21. The van der Waals surface area contributed by atoms with Gasteiger partial charge < -0.3 is 19.5 Å². The summed E-state index contributed by atoms with van der Waals surface area (Å²) in [5.74, 6) is 0.476. The predicted octanol–water partition coefficient (Wildman–Crippen LogP) is 3.45. The highest BCUT2D eigenvalue weighted by molar-refractivity contribution is 9.10. The van der Waals surface area contributed by atoms with Crippen LogP contribution in [-0.4, -0.2) is 31.0 Å². The molecule has 25 heavy (non-hydrogen) atoms. The maximum Gasteiger partial charge on any atom is 0.316 e. The fourth-order valence-corrected chi connectivity index (χ4v) is 2.99. The summed E-state index contributed by atoms with van der Waals surface area (Å²) in [6, 6.07) is 12.6. The number of carbonyl (C=O) groups excluding carboxylic acids is 2. The average Bonchev–Trinajstić information content (AvgIpc) is 3.07. The normalized spacial score (nSPS) is 11.9. The molecule has 1 aliphatic rings. The van der Waals surface area contributed by atoms with E-state index in [1.165, 1.54) is 11.8 Å². The van der Waals surface area contributed by atoms with E-state index in [9.17, 15) is 9.59 Å². The molecular formula is C17H14BrNO5S. The number of fused-ring (bicyclic) bond motifs is 1. The number of nitrogens with one attached hydrogen (secondary N) is 1. The third kappa shape index (κ3) is 5.14. The van der Waals surface area contributed by atoms with Gasteiger partial charge in [-0.2, -0.15) is 0 Å². The summed E-state index contributed by atoms with van der Waals surface area (Å²) in [5.41, 5.74) is 0.550. The summed E-state index contributed by atoms with van der Waals surface area (Å²) in [4.78, 5) is 24.5.